The normalized spacial score (nSPS) is 11.5. The number of rotatable bonds is 3. The molecule has 0 aliphatic carbocycles. The highest BCUT2D eigenvalue weighted by atomic mass is 79.9. The van der Waals surface area contributed by atoms with Crippen LogP contribution in [-0.4, -0.2) is 18.0 Å². The van der Waals surface area contributed by atoms with E-state index in [1.54, 1.807) is 36.7 Å². The van der Waals surface area contributed by atoms with Gasteiger partial charge >= 0.3 is 0 Å². The molecule has 1 heterocycles. The zero-order valence-corrected chi connectivity index (χ0v) is 12.8. The monoisotopic (exact) mass is 344 g/mol. The van der Waals surface area contributed by atoms with Crippen molar-refractivity contribution in [2.75, 3.05) is 10.5 Å². The minimum atomic E-state index is -3.73. The molecule has 1 aromatic heterocycles. The average Bonchev–Trinajstić information content (AvgIpc) is 2.64. The fraction of sp³-hybridized carbons (Fsp3) is 0.182. The van der Waals surface area contributed by atoms with E-state index >= 15 is 0 Å². The van der Waals surface area contributed by atoms with E-state index in [1.165, 1.54) is 6.20 Å². The van der Waals surface area contributed by atoms with Crippen LogP contribution < -0.4 is 10.5 Å². The second-order valence-corrected chi connectivity index (χ2v) is 6.62. The minimum absolute atomic E-state index is 0.0326. The third-order valence-electron chi connectivity index (χ3n) is 2.62. The van der Waals surface area contributed by atoms with Crippen LogP contribution in [0.2, 0.25) is 0 Å². The summed E-state index contributed by atoms with van der Waals surface area (Å²) in [6, 6.07) is 4.92. The molecule has 102 valence electrons. The van der Waals surface area contributed by atoms with E-state index < -0.39 is 10.0 Å². The summed E-state index contributed by atoms with van der Waals surface area (Å²) in [5, 5.41) is -0.0326. The van der Waals surface area contributed by atoms with Crippen molar-refractivity contribution in [2.24, 2.45) is 7.05 Å². The Morgan fingerprint density at radius 1 is 1.42 bits per heavy atom. The molecule has 2 aromatic rings. The van der Waals surface area contributed by atoms with Crippen LogP contribution >= 0.6 is 15.9 Å². The predicted molar refractivity (Wildman–Crippen MR) is 77.3 cm³/mol. The van der Waals surface area contributed by atoms with Gasteiger partial charge in [0.05, 0.1) is 11.4 Å². The fourth-order valence-electron chi connectivity index (χ4n) is 1.48. The first-order chi connectivity index (χ1) is 8.79. The second-order valence-electron chi connectivity index (χ2n) is 4.07. The van der Waals surface area contributed by atoms with Gasteiger partial charge in [0.25, 0.3) is 10.0 Å². The lowest BCUT2D eigenvalue weighted by Crippen LogP contribution is -2.14. The largest absolute Gasteiger partial charge is 0.397 e. The lowest BCUT2D eigenvalue weighted by atomic mass is 10.3. The first kappa shape index (κ1) is 13.9. The van der Waals surface area contributed by atoms with E-state index in [2.05, 4.69) is 25.6 Å². The first-order valence-electron chi connectivity index (χ1n) is 5.37. The third-order valence-corrected chi connectivity index (χ3v) is 4.35. The first-order valence-corrected chi connectivity index (χ1v) is 7.65. The number of aromatic nitrogens is 2. The van der Waals surface area contributed by atoms with E-state index in [1.807, 2.05) is 0 Å². The number of hydrogen-bond acceptors (Lipinski definition) is 4. The van der Waals surface area contributed by atoms with E-state index in [0.29, 0.717) is 17.2 Å². The van der Waals surface area contributed by atoms with Gasteiger partial charge in [-0.3, -0.25) is 4.72 Å². The Bertz CT molecular complexity index is 705. The average molecular weight is 345 g/mol. The molecular weight excluding hydrogens is 332 g/mol. The van der Waals surface area contributed by atoms with Crippen molar-refractivity contribution < 1.29 is 8.42 Å². The molecule has 19 heavy (non-hydrogen) atoms. The number of hydrogen-bond donors (Lipinski definition) is 2. The van der Waals surface area contributed by atoms with Crippen LogP contribution in [0.15, 0.2) is 33.9 Å². The van der Waals surface area contributed by atoms with Crippen molar-refractivity contribution in [3.8, 4) is 0 Å². The van der Waals surface area contributed by atoms with Crippen LogP contribution in [0.1, 0.15) is 5.82 Å². The molecule has 0 aliphatic heterocycles. The van der Waals surface area contributed by atoms with Crippen LogP contribution in [0.4, 0.5) is 11.4 Å². The Kier molecular flexibility index (Phi) is 3.55. The zero-order valence-electron chi connectivity index (χ0n) is 10.4. The Hall–Kier alpha value is -1.54. The smallest absolute Gasteiger partial charge is 0.281 e. The van der Waals surface area contributed by atoms with E-state index in [0.717, 1.165) is 4.47 Å². The molecule has 0 bridgehead atoms. The summed E-state index contributed by atoms with van der Waals surface area (Å²) in [5.41, 5.74) is 6.42. The van der Waals surface area contributed by atoms with Gasteiger partial charge < -0.3 is 10.3 Å². The van der Waals surface area contributed by atoms with Crippen LogP contribution in [0, 0.1) is 6.92 Å². The molecule has 0 fully saturated rings. The Labute approximate surface area is 119 Å². The van der Waals surface area contributed by atoms with Gasteiger partial charge in [0, 0.05) is 17.7 Å². The number of imidazole rings is 1. The van der Waals surface area contributed by atoms with Gasteiger partial charge in [-0.2, -0.15) is 8.42 Å². The molecule has 8 heteroatoms. The zero-order chi connectivity index (χ0) is 14.2. The summed E-state index contributed by atoms with van der Waals surface area (Å²) < 4.78 is 29.1. The number of nitrogen functional groups attached to an aromatic ring is 1. The quantitative estimate of drug-likeness (QED) is 0.831. The van der Waals surface area contributed by atoms with Gasteiger partial charge in [-0.15, -0.1) is 0 Å². The maximum Gasteiger partial charge on any atom is 0.281 e. The lowest BCUT2D eigenvalue weighted by molar-refractivity contribution is 0.598. The van der Waals surface area contributed by atoms with Gasteiger partial charge in [0.1, 0.15) is 5.82 Å². The van der Waals surface area contributed by atoms with Gasteiger partial charge in [-0.1, -0.05) is 15.9 Å². The van der Waals surface area contributed by atoms with E-state index in [4.69, 9.17) is 5.73 Å². The lowest BCUT2D eigenvalue weighted by Gasteiger charge is -2.08. The van der Waals surface area contributed by atoms with E-state index in [9.17, 15) is 8.42 Å². The molecule has 3 N–H and O–H groups in total. The molecule has 0 spiro atoms. The predicted octanol–water partition coefficient (Wildman–Crippen LogP) is 1.87. The Morgan fingerprint density at radius 2 is 2.11 bits per heavy atom. The van der Waals surface area contributed by atoms with Crippen molar-refractivity contribution in [1.82, 2.24) is 9.55 Å². The number of halogens is 1. The molecule has 1 aromatic carbocycles. The molecule has 0 unspecified atom stereocenters. The summed E-state index contributed by atoms with van der Waals surface area (Å²) in [6.07, 6.45) is 1.45. The molecule has 0 saturated heterocycles. The van der Waals surface area contributed by atoms with Crippen molar-refractivity contribution >= 4 is 37.3 Å². The standard InChI is InChI=1S/C11H13BrN4O2S/c1-7-14-11(6-16(7)2)19(17,18)15-10-4-3-8(12)5-9(10)13/h3-6,15H,13H2,1-2H3. The topological polar surface area (TPSA) is 90.0 Å². The van der Waals surface area contributed by atoms with Crippen LogP contribution in [-0.2, 0) is 17.1 Å². The van der Waals surface area contributed by atoms with E-state index in [-0.39, 0.29) is 5.03 Å². The Balaban J connectivity index is 2.36. The summed E-state index contributed by atoms with van der Waals surface area (Å²) >= 11 is 3.26. The second kappa shape index (κ2) is 4.86. The Morgan fingerprint density at radius 3 is 2.63 bits per heavy atom. The summed E-state index contributed by atoms with van der Waals surface area (Å²) in [6.45, 7) is 1.73. The summed E-state index contributed by atoms with van der Waals surface area (Å²) in [4.78, 5) is 3.99. The number of nitrogens with one attached hydrogen (secondary N) is 1. The van der Waals surface area contributed by atoms with Crippen LogP contribution in [0.3, 0.4) is 0 Å². The molecular formula is C11H13BrN4O2S. The number of nitrogens with two attached hydrogens (primary N) is 1. The highest BCUT2D eigenvalue weighted by molar-refractivity contribution is 9.10. The SMILES string of the molecule is Cc1nc(S(=O)(=O)Nc2ccc(Br)cc2N)cn1C. The fourth-order valence-corrected chi connectivity index (χ4v) is 2.99. The molecule has 0 amide bonds. The summed E-state index contributed by atoms with van der Waals surface area (Å²) in [7, 11) is -2.00. The highest BCUT2D eigenvalue weighted by Gasteiger charge is 2.19. The molecule has 0 radical (unpaired) electrons. The molecule has 0 atom stereocenters. The van der Waals surface area contributed by atoms with Crippen LogP contribution in [0.5, 0.6) is 0 Å². The minimum Gasteiger partial charge on any atom is -0.397 e. The van der Waals surface area contributed by atoms with Gasteiger partial charge in [-0.25, -0.2) is 4.98 Å². The van der Waals surface area contributed by atoms with Gasteiger partial charge in [0.15, 0.2) is 5.03 Å². The molecule has 6 nitrogen and oxygen atoms in total. The van der Waals surface area contributed by atoms with Crippen LogP contribution in [0.25, 0.3) is 0 Å². The maximum atomic E-state index is 12.2. The van der Waals surface area contributed by atoms with Gasteiger partial charge in [-0.05, 0) is 25.1 Å². The van der Waals surface area contributed by atoms with Crippen molar-refractivity contribution in [1.29, 1.82) is 0 Å². The van der Waals surface area contributed by atoms with Crippen molar-refractivity contribution in [3.05, 3.63) is 34.7 Å². The molecule has 2 rings (SSSR count). The number of nitrogens with zero attached hydrogens (tertiary/aromatic N) is 2. The number of benzene rings is 1. The highest BCUT2D eigenvalue weighted by Crippen LogP contribution is 2.25. The van der Waals surface area contributed by atoms with Crippen molar-refractivity contribution in [3.63, 3.8) is 0 Å². The molecule has 0 saturated carbocycles. The number of anilines is 2. The van der Waals surface area contributed by atoms with Gasteiger partial charge in [0.2, 0.25) is 0 Å². The molecule has 0 aliphatic rings. The maximum absolute atomic E-state index is 12.2. The third kappa shape index (κ3) is 2.90. The summed E-state index contributed by atoms with van der Waals surface area (Å²) in [5.74, 6) is 0.615. The van der Waals surface area contributed by atoms with Crippen molar-refractivity contribution in [2.45, 2.75) is 11.9 Å². The number of sulfonamides is 1. The number of aryl methyl sites for hydroxylation is 2.